The van der Waals surface area contributed by atoms with Crippen molar-refractivity contribution in [3.05, 3.63) is 30.6 Å². The van der Waals surface area contributed by atoms with Crippen LogP contribution in [0.15, 0.2) is 30.6 Å². The molecule has 0 aliphatic heterocycles. The van der Waals surface area contributed by atoms with Gasteiger partial charge in [0.15, 0.2) is 0 Å². The topological polar surface area (TPSA) is 76.9 Å². The van der Waals surface area contributed by atoms with E-state index in [9.17, 15) is 13.2 Å². The van der Waals surface area contributed by atoms with Crippen molar-refractivity contribution in [1.29, 1.82) is 0 Å². The molecule has 184 valence electrons. The highest BCUT2D eigenvalue weighted by atomic mass is 28.3. The van der Waals surface area contributed by atoms with Crippen LogP contribution in [0.1, 0.15) is 19.3 Å². The molecule has 0 unspecified atom stereocenters. The van der Waals surface area contributed by atoms with Gasteiger partial charge in [-0.3, -0.25) is 0 Å². The third-order valence-electron chi connectivity index (χ3n) is 5.82. The molecule has 11 heteroatoms. The molecular weight excluding hydrogens is 461 g/mol. The van der Waals surface area contributed by atoms with E-state index in [4.69, 9.17) is 4.74 Å². The van der Waals surface area contributed by atoms with E-state index in [0.29, 0.717) is 25.1 Å². The first-order valence-corrected chi connectivity index (χ1v) is 15.3. The minimum Gasteiger partial charge on any atom is -0.367 e. The van der Waals surface area contributed by atoms with E-state index < -0.39 is 20.8 Å². The smallest absolute Gasteiger partial charge is 0.367 e. The molecule has 0 atom stereocenters. The van der Waals surface area contributed by atoms with Gasteiger partial charge in [0.25, 0.3) is 0 Å². The van der Waals surface area contributed by atoms with E-state index in [1.54, 1.807) is 6.07 Å². The fourth-order valence-electron chi connectivity index (χ4n) is 3.65. The number of nitrogens with zero attached hydrogens (tertiary/aromatic N) is 4. The summed E-state index contributed by atoms with van der Waals surface area (Å²) in [5.74, 6) is 0.733. The molecule has 7 nitrogen and oxygen atoms in total. The summed E-state index contributed by atoms with van der Waals surface area (Å²) in [4.78, 5) is 12.8. The number of alkyl halides is 3. The van der Waals surface area contributed by atoms with Crippen LogP contribution in [0.3, 0.4) is 0 Å². The second-order valence-corrected chi connectivity index (χ2v) is 15.6. The van der Waals surface area contributed by atoms with Gasteiger partial charge in [0.05, 0.1) is 16.9 Å². The average molecular weight is 493 g/mol. The normalized spacial score (nSPS) is 14.9. The molecular formula is C23H31F3N6OSi. The van der Waals surface area contributed by atoms with Crippen molar-refractivity contribution in [3.8, 4) is 11.4 Å². The number of fused-ring (bicyclic) bond motifs is 1. The molecule has 0 spiro atoms. The van der Waals surface area contributed by atoms with Crippen molar-refractivity contribution in [2.45, 2.75) is 63.9 Å². The Morgan fingerprint density at radius 1 is 1.18 bits per heavy atom. The van der Waals surface area contributed by atoms with Gasteiger partial charge in [0, 0.05) is 44.6 Å². The van der Waals surface area contributed by atoms with E-state index in [2.05, 4.69) is 45.2 Å². The van der Waals surface area contributed by atoms with Crippen molar-refractivity contribution in [1.82, 2.24) is 19.5 Å². The predicted molar refractivity (Wildman–Crippen MR) is 131 cm³/mol. The van der Waals surface area contributed by atoms with Crippen LogP contribution in [0.2, 0.25) is 25.7 Å². The van der Waals surface area contributed by atoms with E-state index in [1.165, 1.54) is 12.6 Å². The van der Waals surface area contributed by atoms with E-state index >= 15 is 0 Å². The number of pyridine rings is 1. The van der Waals surface area contributed by atoms with E-state index in [-0.39, 0.29) is 5.95 Å². The summed E-state index contributed by atoms with van der Waals surface area (Å²) in [5, 5.41) is 6.64. The molecule has 1 aliphatic carbocycles. The zero-order valence-electron chi connectivity index (χ0n) is 19.7. The maximum Gasteiger partial charge on any atom is 0.405 e. The van der Waals surface area contributed by atoms with Crippen molar-refractivity contribution in [2.24, 2.45) is 0 Å². The van der Waals surface area contributed by atoms with Crippen LogP contribution in [-0.2, 0) is 11.5 Å². The summed E-state index contributed by atoms with van der Waals surface area (Å²) in [7, 11) is -1.24. The van der Waals surface area contributed by atoms with Crippen molar-refractivity contribution in [3.63, 3.8) is 0 Å². The van der Waals surface area contributed by atoms with Gasteiger partial charge >= 0.3 is 6.18 Å². The Hall–Kier alpha value is -2.66. The largest absolute Gasteiger partial charge is 0.405 e. The third kappa shape index (κ3) is 6.47. The van der Waals surface area contributed by atoms with Crippen LogP contribution < -0.4 is 10.6 Å². The van der Waals surface area contributed by atoms with Crippen LogP contribution in [-0.4, -0.2) is 53.0 Å². The minimum atomic E-state index is -4.35. The molecule has 3 heterocycles. The fourth-order valence-corrected chi connectivity index (χ4v) is 4.40. The van der Waals surface area contributed by atoms with Crippen LogP contribution in [0, 0.1) is 0 Å². The maximum absolute atomic E-state index is 12.6. The van der Waals surface area contributed by atoms with E-state index in [1.807, 2.05) is 22.9 Å². The van der Waals surface area contributed by atoms with Gasteiger partial charge in [-0.2, -0.15) is 13.2 Å². The van der Waals surface area contributed by atoms with Gasteiger partial charge < -0.3 is 19.9 Å². The van der Waals surface area contributed by atoms with Crippen molar-refractivity contribution >= 4 is 30.7 Å². The lowest BCUT2D eigenvalue weighted by Crippen LogP contribution is -2.27. The van der Waals surface area contributed by atoms with Crippen LogP contribution in [0.25, 0.3) is 22.3 Å². The first kappa shape index (κ1) is 24.5. The highest BCUT2D eigenvalue weighted by Crippen LogP contribution is 2.30. The van der Waals surface area contributed by atoms with Gasteiger partial charge in [0.1, 0.15) is 19.1 Å². The summed E-state index contributed by atoms with van der Waals surface area (Å²) in [6, 6.07) is 7.12. The molecule has 4 rings (SSSR count). The summed E-state index contributed by atoms with van der Waals surface area (Å²) >= 11 is 0. The first-order valence-electron chi connectivity index (χ1n) is 11.5. The molecule has 0 amide bonds. The number of rotatable bonds is 10. The second kappa shape index (κ2) is 9.91. The zero-order valence-corrected chi connectivity index (χ0v) is 20.7. The lowest BCUT2D eigenvalue weighted by atomic mass is 9.93. The Balaban J connectivity index is 1.64. The molecule has 34 heavy (non-hydrogen) atoms. The molecule has 1 fully saturated rings. The standard InChI is InChI=1S/C23H31F3N6OSi/c1-34(2,3)10-9-33-15-32-19-12-21(30-17-5-4-6-17)28-13-16(19)11-20(32)18-7-8-27-22(31-18)29-14-23(24,25)26/h7-8,11-13,17H,4-6,9-10,14-15H2,1-3H3,(H,28,30)(H,27,29,31). The summed E-state index contributed by atoms with van der Waals surface area (Å²) in [6.45, 7) is 6.66. The molecule has 0 saturated heterocycles. The molecule has 1 aliphatic rings. The van der Waals surface area contributed by atoms with Crippen molar-refractivity contribution < 1.29 is 17.9 Å². The van der Waals surface area contributed by atoms with Gasteiger partial charge in [-0.05, 0) is 37.4 Å². The Kier molecular flexibility index (Phi) is 7.13. The average Bonchev–Trinajstić information content (AvgIpc) is 3.09. The number of hydrogen-bond donors (Lipinski definition) is 2. The predicted octanol–water partition coefficient (Wildman–Crippen LogP) is 5.74. The van der Waals surface area contributed by atoms with Gasteiger partial charge in [-0.25, -0.2) is 15.0 Å². The number of halogens is 3. The number of anilines is 2. The van der Waals surface area contributed by atoms with E-state index in [0.717, 1.165) is 41.3 Å². The van der Waals surface area contributed by atoms with Gasteiger partial charge in [0.2, 0.25) is 5.95 Å². The Bertz CT molecular complexity index is 1120. The van der Waals surface area contributed by atoms with Gasteiger partial charge in [-0.15, -0.1) is 0 Å². The first-order chi connectivity index (χ1) is 16.1. The van der Waals surface area contributed by atoms with Crippen LogP contribution in [0.5, 0.6) is 0 Å². The Labute approximate surface area is 198 Å². The maximum atomic E-state index is 12.6. The van der Waals surface area contributed by atoms with Crippen molar-refractivity contribution in [2.75, 3.05) is 23.8 Å². The monoisotopic (exact) mass is 492 g/mol. The molecule has 2 N–H and O–H groups in total. The molecule has 3 aromatic rings. The Morgan fingerprint density at radius 2 is 1.97 bits per heavy atom. The lowest BCUT2D eigenvalue weighted by molar-refractivity contribution is -0.115. The SMILES string of the molecule is C[Si](C)(C)CCOCn1c(-c2ccnc(NCC(F)(F)F)n2)cc2cnc(NC3CCC3)cc21. The highest BCUT2D eigenvalue weighted by molar-refractivity contribution is 6.76. The lowest BCUT2D eigenvalue weighted by Gasteiger charge is -2.26. The number of nitrogens with one attached hydrogen (secondary N) is 2. The molecule has 1 saturated carbocycles. The second-order valence-electron chi connectivity index (χ2n) is 9.94. The zero-order chi connectivity index (χ0) is 24.3. The fraction of sp³-hybridized carbons (Fsp3) is 0.522. The van der Waals surface area contributed by atoms with Crippen LogP contribution in [0.4, 0.5) is 24.9 Å². The van der Waals surface area contributed by atoms with Crippen LogP contribution >= 0.6 is 0 Å². The molecule has 3 aromatic heterocycles. The highest BCUT2D eigenvalue weighted by Gasteiger charge is 2.27. The number of ether oxygens (including phenoxy) is 1. The Morgan fingerprint density at radius 3 is 2.65 bits per heavy atom. The molecule has 0 bridgehead atoms. The molecule has 0 radical (unpaired) electrons. The number of aromatic nitrogens is 4. The number of hydrogen-bond acceptors (Lipinski definition) is 6. The molecule has 0 aromatic carbocycles. The summed E-state index contributed by atoms with van der Waals surface area (Å²) in [6.07, 6.45) is 2.41. The summed E-state index contributed by atoms with van der Waals surface area (Å²) in [5.41, 5.74) is 2.18. The quantitative estimate of drug-likeness (QED) is 0.277. The summed E-state index contributed by atoms with van der Waals surface area (Å²) < 4.78 is 46.0. The third-order valence-corrected chi connectivity index (χ3v) is 7.53. The minimum absolute atomic E-state index is 0.0725. The van der Waals surface area contributed by atoms with Gasteiger partial charge in [-0.1, -0.05) is 19.6 Å².